The van der Waals surface area contributed by atoms with Crippen LogP contribution >= 0.6 is 0 Å². The van der Waals surface area contributed by atoms with Crippen molar-refractivity contribution in [1.29, 1.82) is 0 Å². The third-order valence-corrected chi connectivity index (χ3v) is 3.85. The van der Waals surface area contributed by atoms with Gasteiger partial charge < -0.3 is 14.2 Å². The predicted molar refractivity (Wildman–Crippen MR) is 97.6 cm³/mol. The SMILES string of the molecule is COC(=O)c1c(C)nc(C)c(C(=O)OC)c1-c1ccc(OC(C)C)cc1. The molecule has 1 aromatic carbocycles. The quantitative estimate of drug-likeness (QED) is 0.759. The number of aryl methyl sites for hydroxylation is 2. The van der Waals surface area contributed by atoms with Crippen molar-refractivity contribution in [2.45, 2.75) is 33.8 Å². The Balaban J connectivity index is 2.74. The van der Waals surface area contributed by atoms with Gasteiger partial charge in [-0.05, 0) is 45.4 Å². The second-order valence-electron chi connectivity index (χ2n) is 6.08. The van der Waals surface area contributed by atoms with Gasteiger partial charge in [-0.1, -0.05) is 12.1 Å². The Morgan fingerprint density at radius 2 is 1.35 bits per heavy atom. The Labute approximate surface area is 153 Å². The van der Waals surface area contributed by atoms with E-state index in [2.05, 4.69) is 4.98 Å². The molecular weight excluding hydrogens is 334 g/mol. The van der Waals surface area contributed by atoms with E-state index < -0.39 is 11.9 Å². The second kappa shape index (κ2) is 7.99. The summed E-state index contributed by atoms with van der Waals surface area (Å²) < 4.78 is 15.5. The molecule has 0 spiro atoms. The molecule has 1 aromatic heterocycles. The summed E-state index contributed by atoms with van der Waals surface area (Å²) in [5, 5.41) is 0. The van der Waals surface area contributed by atoms with Gasteiger partial charge in [-0.3, -0.25) is 4.98 Å². The molecule has 0 saturated heterocycles. The summed E-state index contributed by atoms with van der Waals surface area (Å²) in [5.74, 6) is -0.416. The van der Waals surface area contributed by atoms with Crippen LogP contribution in [0.5, 0.6) is 5.75 Å². The maximum absolute atomic E-state index is 12.4. The largest absolute Gasteiger partial charge is 0.491 e. The van der Waals surface area contributed by atoms with Gasteiger partial charge in [0.15, 0.2) is 0 Å². The summed E-state index contributed by atoms with van der Waals surface area (Å²) in [6.07, 6.45) is 0.0440. The predicted octanol–water partition coefficient (Wildman–Crippen LogP) is 3.73. The lowest BCUT2D eigenvalue weighted by molar-refractivity contribution is 0.0599. The number of esters is 2. The van der Waals surface area contributed by atoms with Gasteiger partial charge in [-0.15, -0.1) is 0 Å². The number of hydrogen-bond acceptors (Lipinski definition) is 6. The van der Waals surface area contributed by atoms with Crippen molar-refractivity contribution in [2.75, 3.05) is 14.2 Å². The van der Waals surface area contributed by atoms with E-state index in [0.29, 0.717) is 28.3 Å². The maximum atomic E-state index is 12.4. The van der Waals surface area contributed by atoms with E-state index in [1.165, 1.54) is 14.2 Å². The van der Waals surface area contributed by atoms with Crippen molar-refractivity contribution in [2.24, 2.45) is 0 Å². The van der Waals surface area contributed by atoms with Gasteiger partial charge in [0.25, 0.3) is 0 Å². The van der Waals surface area contributed by atoms with Gasteiger partial charge in [0.05, 0.1) is 42.8 Å². The van der Waals surface area contributed by atoms with E-state index in [0.717, 1.165) is 0 Å². The number of rotatable bonds is 5. The van der Waals surface area contributed by atoms with Crippen LogP contribution in [0.25, 0.3) is 11.1 Å². The fraction of sp³-hybridized carbons (Fsp3) is 0.350. The summed E-state index contributed by atoms with van der Waals surface area (Å²) >= 11 is 0. The summed E-state index contributed by atoms with van der Waals surface area (Å²) in [6.45, 7) is 7.29. The molecule has 2 rings (SSSR count). The summed E-state index contributed by atoms with van der Waals surface area (Å²) in [5.41, 5.74) is 2.59. The number of hydrogen-bond donors (Lipinski definition) is 0. The van der Waals surface area contributed by atoms with Crippen LogP contribution in [-0.4, -0.2) is 37.2 Å². The van der Waals surface area contributed by atoms with E-state index in [1.807, 2.05) is 13.8 Å². The van der Waals surface area contributed by atoms with Crippen LogP contribution in [0, 0.1) is 13.8 Å². The molecule has 0 aliphatic rings. The van der Waals surface area contributed by atoms with Crippen LogP contribution in [-0.2, 0) is 9.47 Å². The molecule has 6 heteroatoms. The normalized spacial score (nSPS) is 10.6. The molecule has 1 heterocycles. The molecule has 2 aromatic rings. The molecule has 0 radical (unpaired) electrons. The first-order valence-corrected chi connectivity index (χ1v) is 8.25. The Hall–Kier alpha value is -2.89. The van der Waals surface area contributed by atoms with Crippen LogP contribution in [0.1, 0.15) is 46.0 Å². The Kier molecular flexibility index (Phi) is 5.97. The molecule has 0 amide bonds. The van der Waals surface area contributed by atoms with Crippen LogP contribution in [0.3, 0.4) is 0 Å². The number of methoxy groups -OCH3 is 2. The average molecular weight is 357 g/mol. The minimum absolute atomic E-state index is 0.0440. The molecule has 0 fully saturated rings. The highest BCUT2D eigenvalue weighted by Gasteiger charge is 2.27. The fourth-order valence-electron chi connectivity index (χ4n) is 2.81. The number of benzene rings is 1. The Morgan fingerprint density at radius 1 is 0.885 bits per heavy atom. The third kappa shape index (κ3) is 3.85. The van der Waals surface area contributed by atoms with Gasteiger partial charge in [-0.2, -0.15) is 0 Å². The first-order chi connectivity index (χ1) is 12.3. The lowest BCUT2D eigenvalue weighted by Gasteiger charge is -2.17. The number of nitrogens with zero attached hydrogens (tertiary/aromatic N) is 1. The molecule has 26 heavy (non-hydrogen) atoms. The van der Waals surface area contributed by atoms with E-state index in [-0.39, 0.29) is 17.2 Å². The summed E-state index contributed by atoms with van der Waals surface area (Å²) in [7, 11) is 2.59. The molecule has 0 unspecified atom stereocenters. The molecule has 138 valence electrons. The van der Waals surface area contributed by atoms with Crippen molar-refractivity contribution in [1.82, 2.24) is 4.98 Å². The smallest absolute Gasteiger partial charge is 0.340 e. The zero-order valence-electron chi connectivity index (χ0n) is 15.9. The lowest BCUT2D eigenvalue weighted by atomic mass is 9.92. The van der Waals surface area contributed by atoms with Crippen molar-refractivity contribution in [3.05, 3.63) is 46.8 Å². The van der Waals surface area contributed by atoms with Crippen molar-refractivity contribution in [3.63, 3.8) is 0 Å². The zero-order chi connectivity index (χ0) is 19.4. The van der Waals surface area contributed by atoms with E-state index in [1.54, 1.807) is 38.1 Å². The van der Waals surface area contributed by atoms with Crippen molar-refractivity contribution < 1.29 is 23.8 Å². The van der Waals surface area contributed by atoms with E-state index >= 15 is 0 Å². The highest BCUT2D eigenvalue weighted by Crippen LogP contribution is 2.33. The lowest BCUT2D eigenvalue weighted by Crippen LogP contribution is -2.16. The Bertz CT molecular complexity index is 785. The molecule has 0 saturated carbocycles. The minimum Gasteiger partial charge on any atom is -0.491 e. The molecule has 0 atom stereocenters. The fourth-order valence-corrected chi connectivity index (χ4v) is 2.81. The van der Waals surface area contributed by atoms with Gasteiger partial charge in [0, 0.05) is 5.56 Å². The molecule has 0 bridgehead atoms. The topological polar surface area (TPSA) is 74.7 Å². The van der Waals surface area contributed by atoms with Crippen LogP contribution in [0.2, 0.25) is 0 Å². The van der Waals surface area contributed by atoms with E-state index in [4.69, 9.17) is 14.2 Å². The van der Waals surface area contributed by atoms with Crippen LogP contribution in [0.4, 0.5) is 0 Å². The number of carbonyl (C=O) groups is 2. The number of pyridine rings is 1. The first-order valence-electron chi connectivity index (χ1n) is 8.25. The highest BCUT2D eigenvalue weighted by atomic mass is 16.5. The molecule has 0 N–H and O–H groups in total. The first kappa shape index (κ1) is 19.4. The van der Waals surface area contributed by atoms with Crippen LogP contribution in [0.15, 0.2) is 24.3 Å². The second-order valence-corrected chi connectivity index (χ2v) is 6.08. The van der Waals surface area contributed by atoms with Crippen LogP contribution < -0.4 is 4.74 Å². The van der Waals surface area contributed by atoms with Crippen molar-refractivity contribution >= 4 is 11.9 Å². The monoisotopic (exact) mass is 357 g/mol. The summed E-state index contributed by atoms with van der Waals surface area (Å²) in [4.78, 5) is 29.1. The minimum atomic E-state index is -0.558. The number of ether oxygens (including phenoxy) is 3. The standard InChI is InChI=1S/C20H23NO5/c1-11(2)26-15-9-7-14(8-10-15)18-16(19(22)24-5)12(3)21-13(4)17(18)20(23)25-6/h7-11H,1-6H3. The van der Waals surface area contributed by atoms with Gasteiger partial charge in [0.1, 0.15) is 5.75 Å². The van der Waals surface area contributed by atoms with Gasteiger partial charge >= 0.3 is 11.9 Å². The third-order valence-electron chi connectivity index (χ3n) is 3.85. The highest BCUT2D eigenvalue weighted by molar-refractivity contribution is 6.07. The summed E-state index contributed by atoms with van der Waals surface area (Å²) in [6, 6.07) is 7.18. The molecule has 0 aliphatic heterocycles. The zero-order valence-corrected chi connectivity index (χ0v) is 15.9. The van der Waals surface area contributed by atoms with E-state index in [9.17, 15) is 9.59 Å². The number of aromatic nitrogens is 1. The Morgan fingerprint density at radius 3 is 1.73 bits per heavy atom. The van der Waals surface area contributed by atoms with Crippen molar-refractivity contribution in [3.8, 4) is 16.9 Å². The molecule has 6 nitrogen and oxygen atoms in total. The maximum Gasteiger partial charge on any atom is 0.340 e. The van der Waals surface area contributed by atoms with Gasteiger partial charge in [0.2, 0.25) is 0 Å². The molecule has 0 aliphatic carbocycles. The average Bonchev–Trinajstić information content (AvgIpc) is 2.60. The molecular formula is C20H23NO5. The number of carbonyl (C=O) groups excluding carboxylic acids is 2. The van der Waals surface area contributed by atoms with Gasteiger partial charge in [-0.25, -0.2) is 9.59 Å².